The van der Waals surface area contributed by atoms with Crippen molar-refractivity contribution in [3.8, 4) is 0 Å². The monoisotopic (exact) mass is 465 g/mol. The molecule has 0 radical (unpaired) electrons. The van der Waals surface area contributed by atoms with Crippen molar-refractivity contribution in [3.05, 3.63) is 74.7 Å². The van der Waals surface area contributed by atoms with Crippen molar-refractivity contribution >= 4 is 48.3 Å². The second kappa shape index (κ2) is 7.89. The fraction of sp³-hybridized carbons (Fsp3) is 0.111. The number of nitrogens with zero attached hydrogens (tertiary/aromatic N) is 1. The van der Waals surface area contributed by atoms with Crippen LogP contribution in [0.15, 0.2) is 57.9 Å². The lowest BCUT2D eigenvalue weighted by molar-refractivity contribution is 0.102. The van der Waals surface area contributed by atoms with Crippen molar-refractivity contribution in [1.82, 2.24) is 4.98 Å². The Morgan fingerprint density at radius 2 is 1.78 bits per heavy atom. The number of halogens is 1. The van der Waals surface area contributed by atoms with Crippen molar-refractivity contribution in [2.45, 2.75) is 18.2 Å². The highest BCUT2D eigenvalue weighted by atomic mass is 79.9. The molecule has 1 heterocycles. The minimum absolute atomic E-state index is 0.0785. The average Bonchev–Trinajstić information content (AvgIpc) is 2.94. The number of hydrogen-bond donors (Lipinski definition) is 2. The fourth-order valence-electron chi connectivity index (χ4n) is 2.40. The van der Waals surface area contributed by atoms with Crippen LogP contribution >= 0.6 is 27.3 Å². The largest absolute Gasteiger partial charge is 0.298 e. The molecule has 140 valence electrons. The highest BCUT2D eigenvalue weighted by molar-refractivity contribution is 9.10. The standard InChI is InChI=1S/C18H16BrN3O3S2/c1-11-16(10-12-2-8-15(9-3-12)27(20,24)25)26-18(21-11)22-17(23)13-4-6-14(19)7-5-13/h2-9H,10H2,1H3,(H2,20,24,25)(H,21,22,23). The Bertz CT molecular complexity index is 1080. The Morgan fingerprint density at radius 3 is 2.37 bits per heavy atom. The van der Waals surface area contributed by atoms with Gasteiger partial charge in [-0.3, -0.25) is 10.1 Å². The van der Waals surface area contributed by atoms with Crippen molar-refractivity contribution in [1.29, 1.82) is 0 Å². The van der Waals surface area contributed by atoms with Crippen LogP contribution in [0, 0.1) is 6.92 Å². The van der Waals surface area contributed by atoms with Crippen LogP contribution < -0.4 is 10.5 Å². The van der Waals surface area contributed by atoms with Crippen molar-refractivity contribution < 1.29 is 13.2 Å². The van der Waals surface area contributed by atoms with E-state index in [1.54, 1.807) is 36.4 Å². The highest BCUT2D eigenvalue weighted by Crippen LogP contribution is 2.26. The summed E-state index contributed by atoms with van der Waals surface area (Å²) in [4.78, 5) is 17.8. The lowest BCUT2D eigenvalue weighted by atomic mass is 10.1. The number of amides is 1. The minimum atomic E-state index is -3.70. The van der Waals surface area contributed by atoms with E-state index in [2.05, 4.69) is 26.2 Å². The van der Waals surface area contributed by atoms with E-state index in [-0.39, 0.29) is 10.8 Å². The molecule has 0 saturated carbocycles. The molecule has 27 heavy (non-hydrogen) atoms. The number of benzene rings is 2. The molecular formula is C18H16BrN3O3S2. The average molecular weight is 466 g/mol. The van der Waals surface area contributed by atoms with E-state index in [1.807, 2.05) is 6.92 Å². The van der Waals surface area contributed by atoms with Gasteiger partial charge in [-0.2, -0.15) is 0 Å². The normalized spacial score (nSPS) is 11.4. The molecule has 0 atom stereocenters. The van der Waals surface area contributed by atoms with Gasteiger partial charge in [-0.15, -0.1) is 11.3 Å². The molecule has 0 saturated heterocycles. The second-order valence-electron chi connectivity index (χ2n) is 5.85. The Hall–Kier alpha value is -2.07. The molecule has 3 rings (SSSR count). The van der Waals surface area contributed by atoms with Gasteiger partial charge in [0.1, 0.15) is 0 Å². The predicted octanol–water partition coefficient (Wildman–Crippen LogP) is 3.70. The molecule has 9 heteroatoms. The number of primary sulfonamides is 1. The maximum absolute atomic E-state index is 12.3. The van der Waals surface area contributed by atoms with E-state index in [0.29, 0.717) is 17.1 Å². The Balaban J connectivity index is 1.72. The van der Waals surface area contributed by atoms with Crippen LogP contribution in [0.3, 0.4) is 0 Å². The van der Waals surface area contributed by atoms with Crippen LogP contribution in [0.1, 0.15) is 26.5 Å². The number of aromatic nitrogens is 1. The van der Waals surface area contributed by atoms with Gasteiger partial charge < -0.3 is 0 Å². The molecule has 0 aliphatic heterocycles. The van der Waals surface area contributed by atoms with Crippen LogP contribution in [0.4, 0.5) is 5.13 Å². The molecule has 0 unspecified atom stereocenters. The van der Waals surface area contributed by atoms with Gasteiger partial charge in [-0.05, 0) is 48.9 Å². The van der Waals surface area contributed by atoms with E-state index in [1.165, 1.54) is 23.5 Å². The van der Waals surface area contributed by atoms with Gasteiger partial charge in [0.05, 0.1) is 10.6 Å². The van der Waals surface area contributed by atoms with Crippen LogP contribution in [0.2, 0.25) is 0 Å². The number of rotatable bonds is 5. The van der Waals surface area contributed by atoms with Crippen LogP contribution in [-0.2, 0) is 16.4 Å². The summed E-state index contributed by atoms with van der Waals surface area (Å²) in [5, 5.41) is 8.45. The molecule has 2 aromatic carbocycles. The van der Waals surface area contributed by atoms with Crippen LogP contribution in [0.5, 0.6) is 0 Å². The van der Waals surface area contributed by atoms with Crippen LogP contribution in [0.25, 0.3) is 0 Å². The van der Waals surface area contributed by atoms with Crippen LogP contribution in [-0.4, -0.2) is 19.3 Å². The number of nitrogens with two attached hydrogens (primary N) is 1. The summed E-state index contributed by atoms with van der Waals surface area (Å²) in [5.41, 5.74) is 2.30. The Labute approximate surface area is 169 Å². The van der Waals surface area contributed by atoms with E-state index in [0.717, 1.165) is 20.6 Å². The second-order valence-corrected chi connectivity index (χ2v) is 9.42. The molecule has 0 bridgehead atoms. The Morgan fingerprint density at radius 1 is 1.15 bits per heavy atom. The lowest BCUT2D eigenvalue weighted by Gasteiger charge is -2.02. The summed E-state index contributed by atoms with van der Waals surface area (Å²) in [6, 6.07) is 13.5. The third-order valence-corrected chi connectivity index (χ3v) is 6.37. The Kier molecular flexibility index (Phi) is 5.75. The number of aryl methyl sites for hydroxylation is 1. The maximum atomic E-state index is 12.3. The number of carbonyl (C=O) groups is 1. The minimum Gasteiger partial charge on any atom is -0.298 e. The summed E-state index contributed by atoms with van der Waals surface area (Å²) >= 11 is 4.73. The quantitative estimate of drug-likeness (QED) is 0.599. The molecule has 6 nitrogen and oxygen atoms in total. The number of carbonyl (C=O) groups excluding carboxylic acids is 1. The fourth-order valence-corrected chi connectivity index (χ4v) is 4.17. The zero-order valence-electron chi connectivity index (χ0n) is 14.3. The molecular weight excluding hydrogens is 450 g/mol. The molecule has 0 fully saturated rings. The number of nitrogens with one attached hydrogen (secondary N) is 1. The predicted molar refractivity (Wildman–Crippen MR) is 110 cm³/mol. The van der Waals surface area contributed by atoms with Gasteiger partial charge in [-0.25, -0.2) is 18.5 Å². The molecule has 1 aromatic heterocycles. The molecule has 0 aliphatic carbocycles. The summed E-state index contributed by atoms with van der Waals surface area (Å²) in [6.07, 6.45) is 0.586. The topological polar surface area (TPSA) is 102 Å². The number of thiazole rings is 1. The van der Waals surface area contributed by atoms with E-state index < -0.39 is 10.0 Å². The molecule has 0 spiro atoms. The molecule has 3 aromatic rings. The van der Waals surface area contributed by atoms with Gasteiger partial charge in [0.15, 0.2) is 5.13 Å². The third kappa shape index (κ3) is 5.01. The SMILES string of the molecule is Cc1nc(NC(=O)c2ccc(Br)cc2)sc1Cc1ccc(S(N)(=O)=O)cc1. The van der Waals surface area contributed by atoms with Gasteiger partial charge in [0, 0.05) is 21.3 Å². The first-order valence-corrected chi connectivity index (χ1v) is 11.0. The van der Waals surface area contributed by atoms with E-state index in [4.69, 9.17) is 5.14 Å². The summed E-state index contributed by atoms with van der Waals surface area (Å²) < 4.78 is 23.6. The van der Waals surface area contributed by atoms with Crippen molar-refractivity contribution in [2.24, 2.45) is 5.14 Å². The smallest absolute Gasteiger partial charge is 0.257 e. The first-order chi connectivity index (χ1) is 12.7. The van der Waals surface area contributed by atoms with Gasteiger partial charge in [-0.1, -0.05) is 28.1 Å². The van der Waals surface area contributed by atoms with E-state index in [9.17, 15) is 13.2 Å². The number of sulfonamides is 1. The third-order valence-electron chi connectivity index (χ3n) is 3.84. The zero-order chi connectivity index (χ0) is 19.6. The van der Waals surface area contributed by atoms with Crippen molar-refractivity contribution in [3.63, 3.8) is 0 Å². The van der Waals surface area contributed by atoms with Crippen molar-refractivity contribution in [2.75, 3.05) is 5.32 Å². The maximum Gasteiger partial charge on any atom is 0.257 e. The molecule has 3 N–H and O–H groups in total. The summed E-state index contributed by atoms with van der Waals surface area (Å²) in [5.74, 6) is -0.222. The van der Waals surface area contributed by atoms with Gasteiger partial charge in [0.25, 0.3) is 5.91 Å². The molecule has 0 aliphatic rings. The first kappa shape index (κ1) is 19.7. The number of hydrogen-bond acceptors (Lipinski definition) is 5. The first-order valence-electron chi connectivity index (χ1n) is 7.87. The van der Waals surface area contributed by atoms with Gasteiger partial charge >= 0.3 is 0 Å². The van der Waals surface area contributed by atoms with Gasteiger partial charge in [0.2, 0.25) is 10.0 Å². The van der Waals surface area contributed by atoms with E-state index >= 15 is 0 Å². The number of anilines is 1. The summed E-state index contributed by atoms with van der Waals surface area (Å²) in [7, 11) is -3.70. The lowest BCUT2D eigenvalue weighted by Crippen LogP contribution is -2.11. The zero-order valence-corrected chi connectivity index (χ0v) is 17.5. The highest BCUT2D eigenvalue weighted by Gasteiger charge is 2.13. The molecule has 1 amide bonds. The summed E-state index contributed by atoms with van der Waals surface area (Å²) in [6.45, 7) is 1.87.